The SMILES string of the molecule is CCC1CN(C2CCC2)C(=O)CN1C(=O)C1=C=Cc2c(cc(C3CC3)cc2C(F)(F)F)C(C)C(C)C1. The van der Waals surface area contributed by atoms with Crippen molar-refractivity contribution in [3.63, 3.8) is 0 Å². The zero-order valence-corrected chi connectivity index (χ0v) is 21.3. The van der Waals surface area contributed by atoms with Gasteiger partial charge in [-0.15, -0.1) is 5.73 Å². The van der Waals surface area contributed by atoms with Crippen LogP contribution in [0.5, 0.6) is 0 Å². The molecule has 4 aliphatic rings. The first-order valence-electron chi connectivity index (χ1n) is 13.4. The molecular formula is C29H35F3N2O2. The number of fused-ring (bicyclic) bond motifs is 1. The van der Waals surface area contributed by atoms with Crippen molar-refractivity contribution < 1.29 is 22.8 Å². The van der Waals surface area contributed by atoms with Crippen LogP contribution in [0.25, 0.3) is 6.08 Å². The van der Waals surface area contributed by atoms with Crippen LogP contribution in [0.3, 0.4) is 0 Å². The maximum atomic E-state index is 14.1. The van der Waals surface area contributed by atoms with E-state index >= 15 is 0 Å². The van der Waals surface area contributed by atoms with Gasteiger partial charge >= 0.3 is 6.18 Å². The molecule has 1 saturated heterocycles. The number of carbonyl (C=O) groups excluding carboxylic acids is 2. The fraction of sp³-hybridized carbons (Fsp3) is 0.621. The highest BCUT2D eigenvalue weighted by Gasteiger charge is 2.41. The number of piperazine rings is 1. The van der Waals surface area contributed by atoms with Gasteiger partial charge in [-0.2, -0.15) is 13.2 Å². The van der Waals surface area contributed by atoms with E-state index in [4.69, 9.17) is 0 Å². The quantitative estimate of drug-likeness (QED) is 0.458. The molecule has 0 spiro atoms. The topological polar surface area (TPSA) is 40.6 Å². The van der Waals surface area contributed by atoms with E-state index in [1.54, 1.807) is 4.90 Å². The van der Waals surface area contributed by atoms with E-state index in [0.29, 0.717) is 24.1 Å². The molecule has 1 heterocycles. The maximum Gasteiger partial charge on any atom is 0.417 e. The second-order valence-electron chi connectivity index (χ2n) is 11.2. The van der Waals surface area contributed by atoms with Gasteiger partial charge in [0.05, 0.1) is 11.1 Å². The van der Waals surface area contributed by atoms with Gasteiger partial charge in [0.1, 0.15) is 6.54 Å². The van der Waals surface area contributed by atoms with Crippen LogP contribution in [0.2, 0.25) is 0 Å². The molecule has 3 atom stereocenters. The Morgan fingerprint density at radius 3 is 2.44 bits per heavy atom. The Bertz CT molecular complexity index is 1130. The number of hydrogen-bond donors (Lipinski definition) is 0. The number of hydrogen-bond acceptors (Lipinski definition) is 2. The van der Waals surface area contributed by atoms with Gasteiger partial charge in [0.2, 0.25) is 5.91 Å². The van der Waals surface area contributed by atoms with Crippen LogP contribution in [-0.2, 0) is 15.8 Å². The van der Waals surface area contributed by atoms with Gasteiger partial charge in [-0.1, -0.05) is 26.8 Å². The van der Waals surface area contributed by atoms with E-state index in [1.165, 1.54) is 12.1 Å². The standard InChI is InChI=1S/C29H35F3N2O2/c1-4-22-15-33(23-6-5-7-23)27(35)16-34(22)28(36)20-10-11-24-25(18(3)17(2)12-20)13-21(19-8-9-19)14-26(24)29(30,31)32/h11,13-14,17-19,22-23H,4-9,12,15-16H2,1-3H3. The van der Waals surface area contributed by atoms with Crippen molar-refractivity contribution >= 4 is 17.9 Å². The van der Waals surface area contributed by atoms with E-state index in [0.717, 1.165) is 44.1 Å². The fourth-order valence-electron chi connectivity index (χ4n) is 5.90. The van der Waals surface area contributed by atoms with Crippen LogP contribution in [0, 0.1) is 5.92 Å². The molecule has 0 bridgehead atoms. The van der Waals surface area contributed by atoms with Gasteiger partial charge in [-0.25, -0.2) is 0 Å². The lowest BCUT2D eigenvalue weighted by Gasteiger charge is -2.46. The van der Waals surface area contributed by atoms with Gasteiger partial charge in [-0.05, 0) is 91.5 Å². The molecule has 1 aromatic carbocycles. The highest BCUT2D eigenvalue weighted by atomic mass is 19.4. The third-order valence-corrected chi connectivity index (χ3v) is 8.83. The summed E-state index contributed by atoms with van der Waals surface area (Å²) in [5.74, 6) is -0.299. The first-order chi connectivity index (χ1) is 17.1. The van der Waals surface area contributed by atoms with Crippen LogP contribution < -0.4 is 0 Å². The largest absolute Gasteiger partial charge is 0.417 e. The first-order valence-corrected chi connectivity index (χ1v) is 13.4. The smallest absolute Gasteiger partial charge is 0.336 e. The minimum atomic E-state index is -4.49. The number of nitrogens with zero attached hydrogens (tertiary/aromatic N) is 2. The summed E-state index contributed by atoms with van der Waals surface area (Å²) in [7, 11) is 0. The number of alkyl halides is 3. The van der Waals surface area contributed by atoms with Gasteiger partial charge in [0.15, 0.2) is 0 Å². The molecule has 3 fully saturated rings. The van der Waals surface area contributed by atoms with Crippen molar-refractivity contribution in [2.24, 2.45) is 5.92 Å². The van der Waals surface area contributed by atoms with Gasteiger partial charge in [0.25, 0.3) is 5.91 Å². The lowest BCUT2D eigenvalue weighted by atomic mass is 9.78. The molecule has 36 heavy (non-hydrogen) atoms. The summed E-state index contributed by atoms with van der Waals surface area (Å²) < 4.78 is 42.4. The molecule has 7 heteroatoms. The number of amides is 2. The third-order valence-electron chi connectivity index (χ3n) is 8.83. The van der Waals surface area contributed by atoms with Crippen LogP contribution in [0.4, 0.5) is 13.2 Å². The number of carbonyl (C=O) groups is 2. The average molecular weight is 501 g/mol. The second kappa shape index (κ2) is 9.41. The van der Waals surface area contributed by atoms with Crippen molar-refractivity contribution in [3.05, 3.63) is 45.7 Å². The Balaban J connectivity index is 1.52. The molecule has 3 aliphatic carbocycles. The van der Waals surface area contributed by atoms with E-state index in [-0.39, 0.29) is 53.8 Å². The van der Waals surface area contributed by atoms with Crippen LogP contribution >= 0.6 is 0 Å². The number of rotatable bonds is 4. The Hall–Kier alpha value is -2.53. The number of benzene rings is 1. The van der Waals surface area contributed by atoms with Gasteiger partial charge in [0, 0.05) is 18.6 Å². The summed E-state index contributed by atoms with van der Waals surface area (Å²) in [6, 6.07) is 3.42. The maximum absolute atomic E-state index is 14.1. The molecule has 0 N–H and O–H groups in total. The third kappa shape index (κ3) is 4.63. The summed E-state index contributed by atoms with van der Waals surface area (Å²) in [4.78, 5) is 30.2. The fourth-order valence-corrected chi connectivity index (χ4v) is 5.90. The predicted molar refractivity (Wildman–Crippen MR) is 132 cm³/mol. The molecule has 1 aromatic rings. The highest BCUT2D eigenvalue weighted by Crippen LogP contribution is 2.46. The average Bonchev–Trinajstić information content (AvgIpc) is 3.64. The van der Waals surface area contributed by atoms with Crippen LogP contribution in [0.1, 0.15) is 99.8 Å². The molecule has 2 saturated carbocycles. The first kappa shape index (κ1) is 25.1. The molecule has 3 unspecified atom stereocenters. The van der Waals surface area contributed by atoms with Crippen molar-refractivity contribution in [1.29, 1.82) is 0 Å². The van der Waals surface area contributed by atoms with E-state index in [9.17, 15) is 22.8 Å². The summed E-state index contributed by atoms with van der Waals surface area (Å²) in [5, 5.41) is 0. The van der Waals surface area contributed by atoms with Crippen LogP contribution in [0.15, 0.2) is 23.4 Å². The number of halogens is 3. The second-order valence-corrected chi connectivity index (χ2v) is 11.2. The van der Waals surface area contributed by atoms with Crippen LogP contribution in [-0.4, -0.2) is 46.8 Å². The van der Waals surface area contributed by atoms with Gasteiger partial charge in [-0.3, -0.25) is 9.59 Å². The molecule has 0 aromatic heterocycles. The molecule has 4 nitrogen and oxygen atoms in total. The molecule has 194 valence electrons. The molecule has 1 aliphatic heterocycles. The minimum absolute atomic E-state index is 0.0259. The molecule has 0 radical (unpaired) electrons. The zero-order valence-electron chi connectivity index (χ0n) is 21.3. The molecular weight excluding hydrogens is 465 g/mol. The van der Waals surface area contributed by atoms with Crippen molar-refractivity contribution in [3.8, 4) is 0 Å². The summed E-state index contributed by atoms with van der Waals surface area (Å²) in [5.41, 5.74) is 4.29. The Morgan fingerprint density at radius 2 is 1.86 bits per heavy atom. The van der Waals surface area contributed by atoms with Crippen molar-refractivity contribution in [2.75, 3.05) is 13.1 Å². The molecule has 5 rings (SSSR count). The Kier molecular flexibility index (Phi) is 6.57. The minimum Gasteiger partial charge on any atom is -0.336 e. The predicted octanol–water partition coefficient (Wildman–Crippen LogP) is 6.27. The van der Waals surface area contributed by atoms with E-state index in [2.05, 4.69) is 5.73 Å². The summed E-state index contributed by atoms with van der Waals surface area (Å²) in [6.07, 6.45) is 3.04. The van der Waals surface area contributed by atoms with E-state index in [1.807, 2.05) is 31.7 Å². The lowest BCUT2D eigenvalue weighted by Crippen LogP contribution is -2.61. The Labute approximate surface area is 211 Å². The van der Waals surface area contributed by atoms with Crippen molar-refractivity contribution in [1.82, 2.24) is 9.80 Å². The van der Waals surface area contributed by atoms with E-state index < -0.39 is 11.7 Å². The summed E-state index contributed by atoms with van der Waals surface area (Å²) >= 11 is 0. The zero-order chi connectivity index (χ0) is 25.8. The highest BCUT2D eigenvalue weighted by molar-refractivity contribution is 5.97. The monoisotopic (exact) mass is 500 g/mol. The molecule has 2 amide bonds. The normalized spacial score (nSPS) is 27.2. The Morgan fingerprint density at radius 1 is 1.14 bits per heavy atom. The van der Waals surface area contributed by atoms with Crippen molar-refractivity contribution in [2.45, 2.75) is 95.8 Å². The van der Waals surface area contributed by atoms with Gasteiger partial charge < -0.3 is 9.80 Å². The summed E-state index contributed by atoms with van der Waals surface area (Å²) in [6.45, 7) is 6.51. The lowest BCUT2D eigenvalue weighted by molar-refractivity contribution is -0.151.